The summed E-state index contributed by atoms with van der Waals surface area (Å²) in [6, 6.07) is 16.7. The van der Waals surface area contributed by atoms with Gasteiger partial charge in [-0.3, -0.25) is 0 Å². The van der Waals surface area contributed by atoms with Gasteiger partial charge in [0.1, 0.15) is 17.8 Å². The third-order valence-electron chi connectivity index (χ3n) is 5.20. The Hall–Kier alpha value is -2.42. The van der Waals surface area contributed by atoms with Gasteiger partial charge in [0.15, 0.2) is 5.96 Å². The number of nitrogens with one attached hydrogen (secondary N) is 2. The van der Waals surface area contributed by atoms with Crippen molar-refractivity contribution in [2.24, 2.45) is 4.99 Å². The molecule has 2 aromatic carbocycles. The molecule has 0 saturated heterocycles. The van der Waals surface area contributed by atoms with Crippen LogP contribution >= 0.6 is 24.0 Å². The van der Waals surface area contributed by atoms with Gasteiger partial charge < -0.3 is 15.1 Å². The molecule has 1 aliphatic rings. The summed E-state index contributed by atoms with van der Waals surface area (Å²) >= 11 is 0. The minimum atomic E-state index is -0.186. The highest BCUT2D eigenvalue weighted by molar-refractivity contribution is 14.0. The van der Waals surface area contributed by atoms with Crippen molar-refractivity contribution in [1.29, 1.82) is 0 Å². The zero-order valence-electron chi connectivity index (χ0n) is 16.9. The fraction of sp³-hybridized carbons (Fsp3) is 0.304. The summed E-state index contributed by atoms with van der Waals surface area (Å²) in [6.07, 6.45) is 3.74. The van der Waals surface area contributed by atoms with Gasteiger partial charge in [0.25, 0.3) is 0 Å². The van der Waals surface area contributed by atoms with Crippen molar-refractivity contribution in [2.45, 2.75) is 31.7 Å². The number of hydrogen-bond donors (Lipinski definition) is 2. The SMILES string of the molecule is CCNC(=NCc1coc(-c2ccccc2)n1)NCC1(c2cccc(F)c2)CC1.I. The van der Waals surface area contributed by atoms with Crippen LogP contribution in [0, 0.1) is 5.82 Å². The number of nitrogens with zero attached hydrogens (tertiary/aromatic N) is 2. The molecule has 0 aliphatic heterocycles. The van der Waals surface area contributed by atoms with Crippen molar-refractivity contribution in [3.63, 3.8) is 0 Å². The number of hydrogen-bond acceptors (Lipinski definition) is 3. The molecule has 4 rings (SSSR count). The molecule has 7 heteroatoms. The van der Waals surface area contributed by atoms with Crippen LogP contribution in [-0.2, 0) is 12.0 Å². The van der Waals surface area contributed by atoms with Gasteiger partial charge in [-0.05, 0) is 49.6 Å². The summed E-state index contributed by atoms with van der Waals surface area (Å²) < 4.78 is 19.2. The van der Waals surface area contributed by atoms with Gasteiger partial charge in [0.2, 0.25) is 5.89 Å². The summed E-state index contributed by atoms with van der Waals surface area (Å²) in [5.74, 6) is 1.13. The lowest BCUT2D eigenvalue weighted by atomic mass is 9.96. The van der Waals surface area contributed by atoms with Crippen LogP contribution in [0.2, 0.25) is 0 Å². The molecule has 2 N–H and O–H groups in total. The molecule has 158 valence electrons. The number of oxazole rings is 1. The van der Waals surface area contributed by atoms with Crippen LogP contribution in [-0.4, -0.2) is 24.0 Å². The number of aromatic nitrogens is 1. The molecule has 1 aromatic heterocycles. The molecular formula is C23H26FIN4O. The first kappa shape index (κ1) is 22.3. The highest BCUT2D eigenvalue weighted by Crippen LogP contribution is 2.47. The number of aliphatic imine (C=N–C) groups is 1. The van der Waals surface area contributed by atoms with Gasteiger partial charge in [0.05, 0.1) is 6.54 Å². The third-order valence-corrected chi connectivity index (χ3v) is 5.20. The van der Waals surface area contributed by atoms with Gasteiger partial charge in [0, 0.05) is 24.1 Å². The Morgan fingerprint density at radius 3 is 2.63 bits per heavy atom. The molecule has 0 bridgehead atoms. The van der Waals surface area contributed by atoms with E-state index in [2.05, 4.69) is 20.6 Å². The highest BCUT2D eigenvalue weighted by Gasteiger charge is 2.44. The molecule has 0 unspecified atom stereocenters. The van der Waals surface area contributed by atoms with Crippen molar-refractivity contribution in [2.75, 3.05) is 13.1 Å². The van der Waals surface area contributed by atoms with Crippen molar-refractivity contribution < 1.29 is 8.81 Å². The minimum absolute atomic E-state index is 0. The van der Waals surface area contributed by atoms with Crippen molar-refractivity contribution in [1.82, 2.24) is 15.6 Å². The molecule has 0 amide bonds. The van der Waals surface area contributed by atoms with E-state index in [4.69, 9.17) is 4.42 Å². The van der Waals surface area contributed by atoms with E-state index in [1.807, 2.05) is 43.3 Å². The van der Waals surface area contributed by atoms with Crippen LogP contribution < -0.4 is 10.6 Å². The van der Waals surface area contributed by atoms with E-state index in [9.17, 15) is 4.39 Å². The van der Waals surface area contributed by atoms with E-state index in [0.29, 0.717) is 12.4 Å². The summed E-state index contributed by atoms with van der Waals surface area (Å²) in [5, 5.41) is 6.67. The predicted octanol–water partition coefficient (Wildman–Crippen LogP) is 4.89. The molecule has 5 nitrogen and oxygen atoms in total. The van der Waals surface area contributed by atoms with Gasteiger partial charge in [-0.1, -0.05) is 30.3 Å². The average Bonchev–Trinajstić information content (AvgIpc) is 3.40. The Kier molecular flexibility index (Phi) is 7.47. The van der Waals surface area contributed by atoms with Crippen LogP contribution in [0.4, 0.5) is 4.39 Å². The van der Waals surface area contributed by atoms with Gasteiger partial charge >= 0.3 is 0 Å². The lowest BCUT2D eigenvalue weighted by Gasteiger charge is -2.19. The smallest absolute Gasteiger partial charge is 0.226 e. The van der Waals surface area contributed by atoms with Crippen LogP contribution in [0.5, 0.6) is 0 Å². The number of halogens is 2. The fourth-order valence-corrected chi connectivity index (χ4v) is 3.38. The van der Waals surface area contributed by atoms with Crippen molar-refractivity contribution in [3.8, 4) is 11.5 Å². The molecule has 1 heterocycles. The number of rotatable bonds is 7. The monoisotopic (exact) mass is 520 g/mol. The Morgan fingerprint density at radius 2 is 1.93 bits per heavy atom. The highest BCUT2D eigenvalue weighted by atomic mass is 127. The largest absolute Gasteiger partial charge is 0.444 e. The molecule has 1 fully saturated rings. The van der Waals surface area contributed by atoms with Gasteiger partial charge in [-0.15, -0.1) is 24.0 Å². The quantitative estimate of drug-likeness (QED) is 0.265. The van der Waals surface area contributed by atoms with E-state index >= 15 is 0 Å². The minimum Gasteiger partial charge on any atom is -0.444 e. The van der Waals surface area contributed by atoms with Crippen LogP contribution in [0.1, 0.15) is 31.0 Å². The Labute approximate surface area is 193 Å². The molecule has 3 aromatic rings. The molecule has 0 atom stereocenters. The molecule has 0 radical (unpaired) electrons. The molecular weight excluding hydrogens is 494 g/mol. The molecule has 1 aliphatic carbocycles. The number of guanidine groups is 1. The Morgan fingerprint density at radius 1 is 1.13 bits per heavy atom. The topological polar surface area (TPSA) is 62.5 Å². The van der Waals surface area contributed by atoms with Crippen molar-refractivity contribution >= 4 is 29.9 Å². The second-order valence-electron chi connectivity index (χ2n) is 7.35. The first-order valence-corrected chi connectivity index (χ1v) is 9.97. The molecule has 1 saturated carbocycles. The maximum Gasteiger partial charge on any atom is 0.226 e. The maximum absolute atomic E-state index is 13.6. The first-order valence-electron chi connectivity index (χ1n) is 9.97. The van der Waals surface area contributed by atoms with E-state index in [-0.39, 0.29) is 35.2 Å². The normalized spacial score (nSPS) is 14.7. The van der Waals surface area contributed by atoms with E-state index < -0.39 is 0 Å². The Balaban J connectivity index is 0.00000256. The lowest BCUT2D eigenvalue weighted by Crippen LogP contribution is -2.41. The zero-order valence-corrected chi connectivity index (χ0v) is 19.2. The van der Waals surface area contributed by atoms with Crippen molar-refractivity contribution in [3.05, 3.63) is 77.9 Å². The van der Waals surface area contributed by atoms with Gasteiger partial charge in [-0.25, -0.2) is 14.4 Å². The van der Waals surface area contributed by atoms with E-state index in [1.165, 1.54) is 6.07 Å². The molecule has 0 spiro atoms. The summed E-state index contributed by atoms with van der Waals surface area (Å²) in [6.45, 7) is 3.92. The van der Waals surface area contributed by atoms with Crippen LogP contribution in [0.25, 0.3) is 11.5 Å². The lowest BCUT2D eigenvalue weighted by molar-refractivity contribution is 0.572. The van der Waals surface area contributed by atoms with E-state index in [0.717, 1.165) is 48.7 Å². The molecule has 30 heavy (non-hydrogen) atoms. The zero-order chi connectivity index (χ0) is 20.1. The first-order chi connectivity index (χ1) is 14.2. The van der Waals surface area contributed by atoms with Gasteiger partial charge in [-0.2, -0.15) is 0 Å². The van der Waals surface area contributed by atoms with Crippen LogP contribution in [0.3, 0.4) is 0 Å². The summed E-state index contributed by atoms with van der Waals surface area (Å²) in [4.78, 5) is 9.15. The average molecular weight is 520 g/mol. The summed E-state index contributed by atoms with van der Waals surface area (Å²) in [5.41, 5.74) is 2.75. The van der Waals surface area contributed by atoms with Crippen LogP contribution in [0.15, 0.2) is 70.3 Å². The predicted molar refractivity (Wildman–Crippen MR) is 127 cm³/mol. The number of benzene rings is 2. The second-order valence-corrected chi connectivity index (χ2v) is 7.35. The standard InChI is InChI=1S/C23H25FN4O.HI/c1-2-25-22(27-16-23(11-12-23)18-9-6-10-19(24)13-18)26-14-20-15-29-21(28-20)17-7-4-3-5-8-17;/h3-10,13,15H,2,11-12,14,16H2,1H3,(H2,25,26,27);1H. The fourth-order valence-electron chi connectivity index (χ4n) is 3.38. The van der Waals surface area contributed by atoms with E-state index in [1.54, 1.807) is 18.4 Å². The second kappa shape index (κ2) is 10.1. The maximum atomic E-state index is 13.6. The third kappa shape index (κ3) is 5.38. The summed E-state index contributed by atoms with van der Waals surface area (Å²) in [7, 11) is 0. The Bertz CT molecular complexity index is 986.